The summed E-state index contributed by atoms with van der Waals surface area (Å²) in [6.45, 7) is 10.7. The van der Waals surface area contributed by atoms with Crippen molar-refractivity contribution < 1.29 is 19.1 Å². The predicted molar refractivity (Wildman–Crippen MR) is 60.8 cm³/mol. The fraction of sp³-hybridized carbons (Fsp3) is 0.667. The smallest absolute Gasteiger partial charge is 0.321 e. The lowest BCUT2D eigenvalue weighted by molar-refractivity contribution is -0.167. The molecule has 0 aliphatic rings. The van der Waals surface area contributed by atoms with E-state index in [9.17, 15) is 9.59 Å². The number of ether oxygens (including phenoxy) is 2. The molecule has 0 bridgehead atoms. The molecule has 0 N–H and O–H groups in total. The maximum Gasteiger partial charge on any atom is 0.321 e. The van der Waals surface area contributed by atoms with Crippen molar-refractivity contribution >= 4 is 11.9 Å². The van der Waals surface area contributed by atoms with Gasteiger partial charge in [0.2, 0.25) is 0 Å². The summed E-state index contributed by atoms with van der Waals surface area (Å²) >= 11 is 0. The van der Waals surface area contributed by atoms with Crippen LogP contribution in [0.3, 0.4) is 0 Å². The average Bonchev–Trinajstić information content (AvgIpc) is 2.18. The van der Waals surface area contributed by atoms with Crippen LogP contribution in [0.4, 0.5) is 0 Å². The number of carbonyl (C=O) groups is 2. The highest BCUT2D eigenvalue weighted by molar-refractivity contribution is 5.95. The standard InChI is InChI=1S/C12H20O4/c1-6-9(10(13)15-8-3)11(14)16-12(4,5)7-2/h7,9H,2,6,8H2,1,3-5H3. The van der Waals surface area contributed by atoms with Gasteiger partial charge in [0.25, 0.3) is 0 Å². The van der Waals surface area contributed by atoms with E-state index in [0.717, 1.165) is 0 Å². The molecule has 16 heavy (non-hydrogen) atoms. The van der Waals surface area contributed by atoms with Gasteiger partial charge in [-0.25, -0.2) is 0 Å². The van der Waals surface area contributed by atoms with Crippen LogP contribution in [0, 0.1) is 5.92 Å². The van der Waals surface area contributed by atoms with E-state index < -0.39 is 23.5 Å². The van der Waals surface area contributed by atoms with Gasteiger partial charge in [-0.3, -0.25) is 9.59 Å². The molecule has 0 aliphatic carbocycles. The van der Waals surface area contributed by atoms with E-state index in [1.54, 1.807) is 27.7 Å². The summed E-state index contributed by atoms with van der Waals surface area (Å²) in [5.74, 6) is -1.94. The van der Waals surface area contributed by atoms with Gasteiger partial charge in [0, 0.05) is 0 Å². The fourth-order valence-electron chi connectivity index (χ4n) is 1.04. The van der Waals surface area contributed by atoms with Crippen LogP contribution in [-0.2, 0) is 19.1 Å². The molecular formula is C12H20O4. The Morgan fingerprint density at radius 2 is 1.88 bits per heavy atom. The van der Waals surface area contributed by atoms with Crippen LogP contribution in [-0.4, -0.2) is 24.1 Å². The monoisotopic (exact) mass is 228 g/mol. The summed E-state index contributed by atoms with van der Waals surface area (Å²) in [7, 11) is 0. The lowest BCUT2D eigenvalue weighted by Crippen LogP contribution is -2.34. The molecule has 1 unspecified atom stereocenters. The van der Waals surface area contributed by atoms with Crippen molar-refractivity contribution in [1.29, 1.82) is 0 Å². The molecular weight excluding hydrogens is 208 g/mol. The zero-order chi connectivity index (χ0) is 12.8. The SMILES string of the molecule is C=CC(C)(C)OC(=O)C(CC)C(=O)OCC. The minimum absolute atomic E-state index is 0.257. The van der Waals surface area contributed by atoms with Crippen LogP contribution in [0.15, 0.2) is 12.7 Å². The van der Waals surface area contributed by atoms with Gasteiger partial charge < -0.3 is 9.47 Å². The van der Waals surface area contributed by atoms with Crippen LogP contribution in [0.1, 0.15) is 34.1 Å². The highest BCUT2D eigenvalue weighted by Crippen LogP contribution is 2.16. The molecule has 4 nitrogen and oxygen atoms in total. The van der Waals surface area contributed by atoms with Gasteiger partial charge in [-0.1, -0.05) is 13.5 Å². The lowest BCUT2D eigenvalue weighted by Gasteiger charge is -2.23. The number of carbonyl (C=O) groups excluding carboxylic acids is 2. The van der Waals surface area contributed by atoms with Crippen LogP contribution in [0.5, 0.6) is 0 Å². The molecule has 0 aromatic carbocycles. The second kappa shape index (κ2) is 6.30. The minimum Gasteiger partial charge on any atom is -0.465 e. The highest BCUT2D eigenvalue weighted by atomic mass is 16.6. The number of hydrogen-bond acceptors (Lipinski definition) is 4. The van der Waals surface area contributed by atoms with Crippen molar-refractivity contribution in [2.75, 3.05) is 6.61 Å². The first kappa shape index (κ1) is 14.7. The van der Waals surface area contributed by atoms with E-state index in [1.807, 2.05) is 0 Å². The Morgan fingerprint density at radius 1 is 1.31 bits per heavy atom. The van der Waals surface area contributed by atoms with Gasteiger partial charge in [-0.15, -0.1) is 0 Å². The van der Waals surface area contributed by atoms with Gasteiger partial charge in [-0.2, -0.15) is 0 Å². The Kier molecular flexibility index (Phi) is 5.78. The van der Waals surface area contributed by atoms with Crippen LogP contribution in [0.25, 0.3) is 0 Å². The summed E-state index contributed by atoms with van der Waals surface area (Å²) in [6.07, 6.45) is 1.88. The van der Waals surface area contributed by atoms with E-state index >= 15 is 0 Å². The van der Waals surface area contributed by atoms with E-state index in [4.69, 9.17) is 9.47 Å². The van der Waals surface area contributed by atoms with Gasteiger partial charge in [0.15, 0.2) is 5.92 Å². The quantitative estimate of drug-likeness (QED) is 0.397. The molecule has 4 heteroatoms. The molecule has 92 valence electrons. The molecule has 0 aromatic heterocycles. The molecule has 0 aromatic rings. The second-order valence-corrected chi connectivity index (χ2v) is 3.94. The van der Waals surface area contributed by atoms with E-state index in [0.29, 0.717) is 6.42 Å². The molecule has 0 saturated carbocycles. The van der Waals surface area contributed by atoms with E-state index in [2.05, 4.69) is 6.58 Å². The Bertz CT molecular complexity index is 268. The normalized spacial score (nSPS) is 12.8. The first-order valence-corrected chi connectivity index (χ1v) is 5.41. The third-order valence-corrected chi connectivity index (χ3v) is 2.12. The zero-order valence-electron chi connectivity index (χ0n) is 10.4. The predicted octanol–water partition coefficient (Wildman–Crippen LogP) is 2.08. The van der Waals surface area contributed by atoms with Crippen molar-refractivity contribution in [1.82, 2.24) is 0 Å². The number of esters is 2. The summed E-state index contributed by atoms with van der Waals surface area (Å²) in [6, 6.07) is 0. The maximum atomic E-state index is 11.7. The molecule has 0 saturated heterocycles. The summed E-state index contributed by atoms with van der Waals surface area (Å²) < 4.78 is 9.95. The minimum atomic E-state index is -0.848. The summed E-state index contributed by atoms with van der Waals surface area (Å²) in [5, 5.41) is 0. The average molecular weight is 228 g/mol. The van der Waals surface area contributed by atoms with E-state index in [1.165, 1.54) is 6.08 Å². The molecule has 0 amide bonds. The molecule has 0 radical (unpaired) electrons. The van der Waals surface area contributed by atoms with Crippen LogP contribution in [0.2, 0.25) is 0 Å². The number of rotatable bonds is 6. The molecule has 0 spiro atoms. The first-order chi connectivity index (χ1) is 7.37. The molecule has 0 aliphatic heterocycles. The van der Waals surface area contributed by atoms with Gasteiger partial charge in [-0.05, 0) is 33.3 Å². The molecule has 1 atom stereocenters. The molecule has 0 fully saturated rings. The zero-order valence-corrected chi connectivity index (χ0v) is 10.4. The first-order valence-electron chi connectivity index (χ1n) is 5.41. The van der Waals surface area contributed by atoms with Crippen LogP contribution < -0.4 is 0 Å². The molecule has 0 heterocycles. The van der Waals surface area contributed by atoms with Crippen molar-refractivity contribution in [3.05, 3.63) is 12.7 Å². The highest BCUT2D eigenvalue weighted by Gasteiger charge is 2.31. The summed E-state index contributed by atoms with van der Waals surface area (Å²) in [5.41, 5.74) is -0.767. The number of hydrogen-bond donors (Lipinski definition) is 0. The third-order valence-electron chi connectivity index (χ3n) is 2.12. The Morgan fingerprint density at radius 3 is 2.25 bits per heavy atom. The Balaban J connectivity index is 4.54. The van der Waals surface area contributed by atoms with Crippen molar-refractivity contribution in [2.45, 2.75) is 39.7 Å². The largest absolute Gasteiger partial charge is 0.465 e. The van der Waals surface area contributed by atoms with Crippen molar-refractivity contribution in [3.63, 3.8) is 0 Å². The Hall–Kier alpha value is -1.32. The maximum absolute atomic E-state index is 11.7. The summed E-state index contributed by atoms with van der Waals surface area (Å²) in [4.78, 5) is 23.1. The fourth-order valence-corrected chi connectivity index (χ4v) is 1.04. The third kappa shape index (κ3) is 4.47. The van der Waals surface area contributed by atoms with Gasteiger partial charge in [0.05, 0.1) is 6.61 Å². The topological polar surface area (TPSA) is 52.6 Å². The van der Waals surface area contributed by atoms with E-state index in [-0.39, 0.29) is 6.61 Å². The lowest BCUT2D eigenvalue weighted by atomic mass is 10.1. The van der Waals surface area contributed by atoms with Crippen LogP contribution >= 0.6 is 0 Å². The van der Waals surface area contributed by atoms with Crippen molar-refractivity contribution in [2.24, 2.45) is 5.92 Å². The van der Waals surface area contributed by atoms with Gasteiger partial charge >= 0.3 is 11.9 Å². The van der Waals surface area contributed by atoms with Gasteiger partial charge in [0.1, 0.15) is 5.60 Å². The second-order valence-electron chi connectivity index (χ2n) is 3.94. The van der Waals surface area contributed by atoms with Crippen molar-refractivity contribution in [3.8, 4) is 0 Å². The Labute approximate surface area is 96.6 Å². The molecule has 0 rings (SSSR count).